The molecule has 2 fully saturated rings. The van der Waals surface area contributed by atoms with Gasteiger partial charge in [-0.25, -0.2) is 0 Å². The molecule has 4 N–H and O–H groups in total. The molecule has 5 atom stereocenters. The van der Waals surface area contributed by atoms with Gasteiger partial charge in [-0.2, -0.15) is 0 Å². The number of anilines is 1. The van der Waals surface area contributed by atoms with E-state index in [1.807, 2.05) is 6.92 Å². The molecule has 0 saturated carbocycles. The number of nitrogens with one attached hydrogen (secondary N) is 2. The van der Waals surface area contributed by atoms with Crippen molar-refractivity contribution in [1.82, 2.24) is 10.2 Å². The Morgan fingerprint density at radius 2 is 2.04 bits per heavy atom. The standard InChI is InChI=1S/C19H21ClN4O4/c1-3-8(2)24-16(26)14-12(7-13(21)25)23-19(15(14)17(24)27)10-6-9(20)4-5-11(10)22-18(19)28/h4-6,8,12,14-15,23H,3,7H2,1-2H3,(H2,21,25)(H,22,28)/t8-,12-,14-,15+,19+/m1/s1. The van der Waals surface area contributed by atoms with Gasteiger partial charge >= 0.3 is 0 Å². The Morgan fingerprint density at radius 3 is 2.68 bits per heavy atom. The zero-order valence-electron chi connectivity index (χ0n) is 15.5. The number of benzene rings is 1. The van der Waals surface area contributed by atoms with Crippen LogP contribution in [-0.4, -0.2) is 40.6 Å². The van der Waals surface area contributed by atoms with Crippen molar-refractivity contribution < 1.29 is 19.2 Å². The Kier molecular flexibility index (Phi) is 4.24. The minimum Gasteiger partial charge on any atom is -0.370 e. The summed E-state index contributed by atoms with van der Waals surface area (Å²) in [6, 6.07) is 3.90. The largest absolute Gasteiger partial charge is 0.370 e. The maximum atomic E-state index is 13.4. The number of carbonyl (C=O) groups excluding carboxylic acids is 4. The zero-order valence-corrected chi connectivity index (χ0v) is 16.2. The van der Waals surface area contributed by atoms with Gasteiger partial charge in [-0.05, 0) is 31.5 Å². The fraction of sp³-hybridized carbons (Fsp3) is 0.474. The minimum absolute atomic E-state index is 0.153. The highest BCUT2D eigenvalue weighted by atomic mass is 35.5. The fourth-order valence-electron chi connectivity index (χ4n) is 4.80. The second-order valence-corrected chi connectivity index (χ2v) is 8.12. The summed E-state index contributed by atoms with van der Waals surface area (Å²) in [5.41, 5.74) is 4.97. The van der Waals surface area contributed by atoms with Gasteiger partial charge in [0.2, 0.25) is 23.6 Å². The zero-order chi connectivity index (χ0) is 20.4. The molecule has 2 saturated heterocycles. The number of nitrogens with zero attached hydrogens (tertiary/aromatic N) is 1. The summed E-state index contributed by atoms with van der Waals surface area (Å²) >= 11 is 6.16. The van der Waals surface area contributed by atoms with E-state index < -0.39 is 41.1 Å². The second-order valence-electron chi connectivity index (χ2n) is 7.68. The summed E-state index contributed by atoms with van der Waals surface area (Å²) in [5.74, 6) is -3.63. The Balaban J connectivity index is 1.90. The van der Waals surface area contributed by atoms with E-state index in [4.69, 9.17) is 17.3 Å². The number of amides is 4. The summed E-state index contributed by atoms with van der Waals surface area (Å²) in [7, 11) is 0. The number of hydrogen-bond acceptors (Lipinski definition) is 5. The summed E-state index contributed by atoms with van der Waals surface area (Å²) in [5, 5.41) is 6.31. The van der Waals surface area contributed by atoms with E-state index in [-0.39, 0.29) is 18.4 Å². The van der Waals surface area contributed by atoms with Gasteiger partial charge in [0.05, 0.1) is 11.8 Å². The van der Waals surface area contributed by atoms with Crippen molar-refractivity contribution in [2.45, 2.75) is 44.3 Å². The number of halogens is 1. The predicted octanol–water partition coefficient (Wildman–Crippen LogP) is 0.734. The summed E-state index contributed by atoms with van der Waals surface area (Å²) in [6.07, 6.45) is 0.436. The molecule has 3 aliphatic heterocycles. The highest BCUT2D eigenvalue weighted by Crippen LogP contribution is 2.54. The average molecular weight is 405 g/mol. The van der Waals surface area contributed by atoms with Crippen molar-refractivity contribution in [3.05, 3.63) is 28.8 Å². The molecule has 28 heavy (non-hydrogen) atoms. The molecule has 0 aromatic heterocycles. The van der Waals surface area contributed by atoms with Crippen molar-refractivity contribution in [2.75, 3.05) is 5.32 Å². The molecule has 0 radical (unpaired) electrons. The number of imide groups is 1. The van der Waals surface area contributed by atoms with Crippen LogP contribution in [0.15, 0.2) is 18.2 Å². The number of nitrogens with two attached hydrogens (primary N) is 1. The van der Waals surface area contributed by atoms with Gasteiger partial charge in [-0.1, -0.05) is 18.5 Å². The van der Waals surface area contributed by atoms with Crippen LogP contribution in [0.1, 0.15) is 32.3 Å². The molecule has 1 aromatic carbocycles. The highest BCUT2D eigenvalue weighted by Gasteiger charge is 2.70. The van der Waals surface area contributed by atoms with Crippen molar-refractivity contribution in [2.24, 2.45) is 17.6 Å². The number of carbonyl (C=O) groups is 4. The van der Waals surface area contributed by atoms with Gasteiger partial charge in [0, 0.05) is 34.8 Å². The topological polar surface area (TPSA) is 122 Å². The van der Waals surface area contributed by atoms with Crippen LogP contribution in [0.5, 0.6) is 0 Å². The molecule has 0 unspecified atom stereocenters. The first-order chi connectivity index (χ1) is 13.2. The maximum Gasteiger partial charge on any atom is 0.250 e. The Labute approximate surface area is 166 Å². The Hall–Kier alpha value is -2.45. The third-order valence-electron chi connectivity index (χ3n) is 6.16. The Morgan fingerprint density at radius 1 is 1.32 bits per heavy atom. The SMILES string of the molecule is CC[C@@H](C)N1C(=O)[C@H]2[C@@H](C1=O)[C@]1(N[C@@H]2CC(N)=O)C(=O)Nc2ccc(Cl)cc21. The van der Waals surface area contributed by atoms with Crippen LogP contribution in [0.3, 0.4) is 0 Å². The molecule has 4 rings (SSSR count). The van der Waals surface area contributed by atoms with Crippen LogP contribution in [-0.2, 0) is 24.7 Å². The van der Waals surface area contributed by atoms with Crippen molar-refractivity contribution >= 4 is 40.9 Å². The van der Waals surface area contributed by atoms with Crippen molar-refractivity contribution in [3.8, 4) is 0 Å². The lowest BCUT2D eigenvalue weighted by Crippen LogP contribution is -2.54. The molecule has 8 nitrogen and oxygen atoms in total. The lowest BCUT2D eigenvalue weighted by molar-refractivity contribution is -0.145. The van der Waals surface area contributed by atoms with Crippen LogP contribution in [0.25, 0.3) is 0 Å². The Bertz CT molecular complexity index is 919. The van der Waals surface area contributed by atoms with Gasteiger partial charge < -0.3 is 11.1 Å². The number of hydrogen-bond donors (Lipinski definition) is 3. The number of fused-ring (bicyclic) bond motifs is 4. The normalized spacial score (nSPS) is 31.9. The van der Waals surface area contributed by atoms with Gasteiger partial charge in [0.15, 0.2) is 0 Å². The van der Waals surface area contributed by atoms with E-state index in [9.17, 15) is 19.2 Å². The van der Waals surface area contributed by atoms with E-state index >= 15 is 0 Å². The molecule has 9 heteroatoms. The second kappa shape index (κ2) is 6.28. The van der Waals surface area contributed by atoms with Crippen molar-refractivity contribution in [1.29, 1.82) is 0 Å². The first kappa shape index (κ1) is 18.9. The monoisotopic (exact) mass is 404 g/mol. The molecule has 3 heterocycles. The average Bonchev–Trinajstić information content (AvgIpc) is 3.20. The molecular weight excluding hydrogens is 384 g/mol. The smallest absolute Gasteiger partial charge is 0.250 e. The van der Waals surface area contributed by atoms with Gasteiger partial charge in [-0.3, -0.25) is 29.4 Å². The fourth-order valence-corrected chi connectivity index (χ4v) is 4.98. The summed E-state index contributed by atoms with van der Waals surface area (Å²) in [6.45, 7) is 3.67. The molecule has 1 aromatic rings. The van der Waals surface area contributed by atoms with Crippen LogP contribution in [0.2, 0.25) is 5.02 Å². The molecule has 148 valence electrons. The predicted molar refractivity (Wildman–Crippen MR) is 101 cm³/mol. The van der Waals surface area contributed by atoms with Crippen LogP contribution >= 0.6 is 11.6 Å². The maximum absolute atomic E-state index is 13.4. The highest BCUT2D eigenvalue weighted by molar-refractivity contribution is 6.31. The van der Waals surface area contributed by atoms with E-state index in [2.05, 4.69) is 10.6 Å². The van der Waals surface area contributed by atoms with Gasteiger partial charge in [-0.15, -0.1) is 0 Å². The first-order valence-electron chi connectivity index (χ1n) is 9.26. The molecule has 3 aliphatic rings. The third-order valence-corrected chi connectivity index (χ3v) is 6.40. The lowest BCUT2D eigenvalue weighted by atomic mass is 9.76. The van der Waals surface area contributed by atoms with Gasteiger partial charge in [0.1, 0.15) is 5.54 Å². The van der Waals surface area contributed by atoms with E-state index in [0.29, 0.717) is 22.7 Å². The molecule has 4 amide bonds. The lowest BCUT2D eigenvalue weighted by Gasteiger charge is -2.31. The van der Waals surface area contributed by atoms with Crippen LogP contribution in [0.4, 0.5) is 5.69 Å². The van der Waals surface area contributed by atoms with Crippen molar-refractivity contribution in [3.63, 3.8) is 0 Å². The summed E-state index contributed by atoms with van der Waals surface area (Å²) in [4.78, 5) is 52.5. The summed E-state index contributed by atoms with van der Waals surface area (Å²) < 4.78 is 0. The molecule has 1 spiro atoms. The minimum atomic E-state index is -1.46. The van der Waals surface area contributed by atoms with Gasteiger partial charge in [0.25, 0.3) is 0 Å². The molecular formula is C19H21ClN4O4. The quantitative estimate of drug-likeness (QED) is 0.639. The third kappa shape index (κ3) is 2.34. The van der Waals surface area contributed by atoms with E-state index in [0.717, 1.165) is 0 Å². The van der Waals surface area contributed by atoms with Crippen LogP contribution in [0, 0.1) is 11.8 Å². The first-order valence-corrected chi connectivity index (χ1v) is 9.64. The van der Waals surface area contributed by atoms with Crippen LogP contribution < -0.4 is 16.4 Å². The molecule has 0 aliphatic carbocycles. The van der Waals surface area contributed by atoms with E-state index in [1.165, 1.54) is 4.90 Å². The number of rotatable bonds is 4. The number of primary amides is 1. The van der Waals surface area contributed by atoms with E-state index in [1.54, 1.807) is 25.1 Å². The number of likely N-dealkylation sites (tertiary alicyclic amines) is 1. The molecule has 0 bridgehead atoms.